The Morgan fingerprint density at radius 3 is 2.77 bits per heavy atom. The second kappa shape index (κ2) is 8.49. The first-order valence-corrected chi connectivity index (χ1v) is 9.50. The van der Waals surface area contributed by atoms with E-state index in [1.807, 2.05) is 48.8 Å². The van der Waals surface area contributed by atoms with Crippen molar-refractivity contribution < 1.29 is 9.18 Å². The summed E-state index contributed by atoms with van der Waals surface area (Å²) in [6, 6.07) is 17.1. The summed E-state index contributed by atoms with van der Waals surface area (Å²) in [6.07, 6.45) is 5.68. The summed E-state index contributed by atoms with van der Waals surface area (Å²) in [7, 11) is 0. The molecule has 0 saturated heterocycles. The lowest BCUT2D eigenvalue weighted by molar-refractivity contribution is 0.262. The number of nitrogens with one attached hydrogen (secondary N) is 3. The van der Waals surface area contributed by atoms with Gasteiger partial charge in [-0.15, -0.1) is 12.4 Å². The van der Waals surface area contributed by atoms with Crippen LogP contribution in [0.1, 0.15) is 5.56 Å². The maximum atomic E-state index is 13.3. The van der Waals surface area contributed by atoms with Gasteiger partial charge in [0.1, 0.15) is 11.5 Å². The molecule has 0 spiro atoms. The third-order valence-corrected chi connectivity index (χ3v) is 5.04. The van der Waals surface area contributed by atoms with Gasteiger partial charge in [-0.3, -0.25) is 0 Å². The first kappa shape index (κ1) is 20.4. The monoisotopic (exact) mass is 435 g/mol. The fourth-order valence-electron chi connectivity index (χ4n) is 3.66. The minimum absolute atomic E-state index is 0. The van der Waals surface area contributed by atoms with Gasteiger partial charge in [-0.1, -0.05) is 12.1 Å². The molecule has 3 aromatic heterocycles. The molecule has 3 N–H and O–H groups in total. The molecule has 0 unspecified atom stereocenters. The van der Waals surface area contributed by atoms with Gasteiger partial charge in [0.05, 0.1) is 11.2 Å². The molecule has 3 heterocycles. The van der Waals surface area contributed by atoms with E-state index in [0.717, 1.165) is 27.5 Å². The maximum Gasteiger partial charge on any atom is 0.323 e. The van der Waals surface area contributed by atoms with Crippen LogP contribution in [0.15, 0.2) is 79.3 Å². The number of halogens is 2. The zero-order chi connectivity index (χ0) is 20.5. The lowest BCUT2D eigenvalue weighted by Gasteiger charge is -2.10. The molecule has 0 bridgehead atoms. The summed E-state index contributed by atoms with van der Waals surface area (Å²) < 4.78 is 15.5. The van der Waals surface area contributed by atoms with E-state index >= 15 is 0 Å². The Morgan fingerprint density at radius 1 is 1.03 bits per heavy atom. The highest BCUT2D eigenvalue weighted by atomic mass is 35.5. The van der Waals surface area contributed by atoms with Crippen LogP contribution in [0.5, 0.6) is 0 Å². The van der Waals surface area contributed by atoms with Crippen LogP contribution in [0.4, 0.5) is 20.6 Å². The standard InChI is InChI=1S/C23H18FN5O.ClH/c24-16-3-1-4-17(13-16)27-23(30)28-20-5-2-6-21-19(20)9-12-29(21)14-15-7-10-25-22-18(15)8-11-26-22;/h1-13H,14H2,(H,25,26)(H2,27,28,30);1H. The summed E-state index contributed by atoms with van der Waals surface area (Å²) in [6.45, 7) is 0.680. The molecule has 0 aliphatic heterocycles. The summed E-state index contributed by atoms with van der Waals surface area (Å²) in [4.78, 5) is 19.9. The maximum absolute atomic E-state index is 13.3. The number of anilines is 2. The van der Waals surface area contributed by atoms with Crippen LogP contribution in [0.25, 0.3) is 21.9 Å². The molecule has 0 radical (unpaired) electrons. The van der Waals surface area contributed by atoms with Gasteiger partial charge in [0.15, 0.2) is 0 Å². The number of hydrogen-bond acceptors (Lipinski definition) is 2. The quantitative estimate of drug-likeness (QED) is 0.335. The largest absolute Gasteiger partial charge is 0.346 e. The number of carbonyl (C=O) groups is 1. The van der Waals surface area contributed by atoms with Gasteiger partial charge in [-0.2, -0.15) is 0 Å². The van der Waals surface area contributed by atoms with Gasteiger partial charge >= 0.3 is 6.03 Å². The van der Waals surface area contributed by atoms with E-state index in [-0.39, 0.29) is 12.4 Å². The Hall–Kier alpha value is -3.84. The Kier molecular flexibility index (Phi) is 5.60. The van der Waals surface area contributed by atoms with Crippen molar-refractivity contribution in [3.63, 3.8) is 0 Å². The number of nitrogens with zero attached hydrogens (tertiary/aromatic N) is 2. The van der Waals surface area contributed by atoms with Crippen molar-refractivity contribution in [2.24, 2.45) is 0 Å². The van der Waals surface area contributed by atoms with Crippen molar-refractivity contribution >= 4 is 51.7 Å². The number of aromatic amines is 1. The fraction of sp³-hybridized carbons (Fsp3) is 0.0435. The molecule has 8 heteroatoms. The van der Waals surface area contributed by atoms with Crippen molar-refractivity contribution in [2.75, 3.05) is 10.6 Å². The number of carbonyl (C=O) groups excluding carboxylic acids is 1. The second-order valence-corrected chi connectivity index (χ2v) is 6.98. The summed E-state index contributed by atoms with van der Waals surface area (Å²) in [5.41, 5.74) is 4.09. The predicted octanol–water partition coefficient (Wildman–Crippen LogP) is 5.77. The molecule has 31 heavy (non-hydrogen) atoms. The molecule has 2 amide bonds. The number of fused-ring (bicyclic) bond motifs is 2. The average molecular weight is 436 g/mol. The predicted molar refractivity (Wildman–Crippen MR) is 123 cm³/mol. The lowest BCUT2D eigenvalue weighted by atomic mass is 10.2. The Balaban J connectivity index is 0.00000231. The zero-order valence-electron chi connectivity index (χ0n) is 16.3. The number of aromatic nitrogens is 3. The SMILES string of the molecule is Cl.O=C(Nc1cccc(F)c1)Nc1cccc2c1ccn2Cc1ccnc2[nH]ccc12. The van der Waals surface area contributed by atoms with Crippen molar-refractivity contribution in [1.29, 1.82) is 0 Å². The van der Waals surface area contributed by atoms with E-state index in [4.69, 9.17) is 0 Å². The fourth-order valence-corrected chi connectivity index (χ4v) is 3.66. The number of urea groups is 1. The number of amides is 2. The van der Waals surface area contributed by atoms with Crippen molar-refractivity contribution in [3.8, 4) is 0 Å². The molecular weight excluding hydrogens is 417 g/mol. The van der Waals surface area contributed by atoms with E-state index in [2.05, 4.69) is 25.2 Å². The van der Waals surface area contributed by atoms with Crippen LogP contribution < -0.4 is 10.6 Å². The third-order valence-electron chi connectivity index (χ3n) is 5.04. The van der Waals surface area contributed by atoms with Gasteiger partial charge in [0, 0.05) is 41.6 Å². The normalized spacial score (nSPS) is 10.7. The lowest BCUT2D eigenvalue weighted by Crippen LogP contribution is -2.19. The molecule has 156 valence electrons. The van der Waals surface area contributed by atoms with Gasteiger partial charge in [-0.25, -0.2) is 14.2 Å². The third kappa shape index (κ3) is 4.08. The van der Waals surface area contributed by atoms with E-state index in [1.165, 1.54) is 12.1 Å². The molecule has 5 aromatic rings. The van der Waals surface area contributed by atoms with Crippen molar-refractivity contribution in [3.05, 3.63) is 90.6 Å². The van der Waals surface area contributed by atoms with Gasteiger partial charge in [0.25, 0.3) is 0 Å². The van der Waals surface area contributed by atoms with Crippen LogP contribution in [-0.2, 0) is 6.54 Å². The summed E-state index contributed by atoms with van der Waals surface area (Å²) >= 11 is 0. The number of hydrogen-bond donors (Lipinski definition) is 3. The van der Waals surface area contributed by atoms with Crippen LogP contribution in [0, 0.1) is 5.82 Å². The Labute approximate surface area is 183 Å². The minimum atomic E-state index is -0.427. The minimum Gasteiger partial charge on any atom is -0.346 e. The first-order chi connectivity index (χ1) is 14.7. The smallest absolute Gasteiger partial charge is 0.323 e. The van der Waals surface area contributed by atoms with Crippen LogP contribution >= 0.6 is 12.4 Å². The Morgan fingerprint density at radius 2 is 1.90 bits per heavy atom. The van der Waals surface area contributed by atoms with Crippen LogP contribution in [0.2, 0.25) is 0 Å². The number of benzene rings is 2. The van der Waals surface area contributed by atoms with E-state index in [9.17, 15) is 9.18 Å². The summed E-state index contributed by atoms with van der Waals surface area (Å²) in [5.74, 6) is -0.403. The number of pyridine rings is 1. The van der Waals surface area contributed by atoms with Crippen molar-refractivity contribution in [2.45, 2.75) is 6.54 Å². The molecule has 0 fully saturated rings. The van der Waals surface area contributed by atoms with Gasteiger partial charge < -0.3 is 20.2 Å². The van der Waals surface area contributed by atoms with E-state index in [1.54, 1.807) is 18.3 Å². The summed E-state index contributed by atoms with van der Waals surface area (Å²) in [5, 5.41) is 7.52. The highest BCUT2D eigenvalue weighted by molar-refractivity contribution is 6.05. The second-order valence-electron chi connectivity index (χ2n) is 6.98. The van der Waals surface area contributed by atoms with E-state index < -0.39 is 11.8 Å². The molecule has 0 atom stereocenters. The molecule has 2 aromatic carbocycles. The topological polar surface area (TPSA) is 74.7 Å². The highest BCUT2D eigenvalue weighted by Gasteiger charge is 2.11. The zero-order valence-corrected chi connectivity index (χ0v) is 17.1. The molecular formula is C23H19ClFN5O. The molecule has 0 saturated carbocycles. The molecule has 0 aliphatic carbocycles. The van der Waals surface area contributed by atoms with E-state index in [0.29, 0.717) is 17.9 Å². The van der Waals surface area contributed by atoms with Crippen LogP contribution in [0.3, 0.4) is 0 Å². The van der Waals surface area contributed by atoms with Gasteiger partial charge in [0.2, 0.25) is 0 Å². The highest BCUT2D eigenvalue weighted by Crippen LogP contribution is 2.26. The average Bonchev–Trinajstić information content (AvgIpc) is 3.36. The van der Waals surface area contributed by atoms with Gasteiger partial charge in [-0.05, 0) is 54.1 Å². The Bertz CT molecular complexity index is 1380. The molecule has 0 aliphatic rings. The number of H-pyrrole nitrogens is 1. The first-order valence-electron chi connectivity index (χ1n) is 9.50. The van der Waals surface area contributed by atoms with Crippen molar-refractivity contribution in [1.82, 2.24) is 14.5 Å². The number of rotatable bonds is 4. The molecule has 5 rings (SSSR count). The molecule has 6 nitrogen and oxygen atoms in total. The van der Waals surface area contributed by atoms with Crippen LogP contribution in [-0.4, -0.2) is 20.6 Å².